The zero-order valence-electron chi connectivity index (χ0n) is 11.5. The monoisotopic (exact) mass is 307 g/mol. The van der Waals surface area contributed by atoms with Crippen LogP contribution in [0.25, 0.3) is 0 Å². The highest BCUT2D eigenvalue weighted by molar-refractivity contribution is 5.64. The maximum atomic E-state index is 12.1. The van der Waals surface area contributed by atoms with E-state index in [-0.39, 0.29) is 23.2 Å². The summed E-state index contributed by atoms with van der Waals surface area (Å²) in [6.45, 7) is 0.778. The number of anilines is 1. The molecule has 0 aromatic heterocycles. The van der Waals surface area contributed by atoms with Gasteiger partial charge < -0.3 is 15.4 Å². The molecule has 0 aliphatic heterocycles. The minimum Gasteiger partial charge on any atom is -0.484 e. The van der Waals surface area contributed by atoms with Gasteiger partial charge in [-0.2, -0.15) is 13.2 Å². The number of rotatable bonds is 7. The second-order valence-electron chi connectivity index (χ2n) is 4.41. The average Bonchev–Trinajstić information content (AvgIpc) is 2.41. The van der Waals surface area contributed by atoms with Crippen molar-refractivity contribution in [3.05, 3.63) is 28.3 Å². The van der Waals surface area contributed by atoms with Crippen LogP contribution in [0.2, 0.25) is 0 Å². The van der Waals surface area contributed by atoms with Crippen molar-refractivity contribution in [2.45, 2.75) is 19.1 Å². The van der Waals surface area contributed by atoms with E-state index in [4.69, 9.17) is 0 Å². The fourth-order valence-electron chi connectivity index (χ4n) is 1.44. The number of hydrogen-bond donors (Lipinski definition) is 2. The first kappa shape index (κ1) is 17.0. The maximum absolute atomic E-state index is 12.1. The zero-order chi connectivity index (χ0) is 16.0. The van der Waals surface area contributed by atoms with Crippen molar-refractivity contribution in [2.24, 2.45) is 0 Å². The molecule has 1 unspecified atom stereocenters. The first-order valence-electron chi connectivity index (χ1n) is 6.12. The van der Waals surface area contributed by atoms with Gasteiger partial charge in [-0.05, 0) is 20.0 Å². The molecule has 0 bridgehead atoms. The van der Waals surface area contributed by atoms with E-state index in [1.54, 1.807) is 7.05 Å². The summed E-state index contributed by atoms with van der Waals surface area (Å²) in [5.41, 5.74) is -0.112. The molecular formula is C12H16F3N3O3. The van der Waals surface area contributed by atoms with Crippen LogP contribution < -0.4 is 15.4 Å². The Balaban J connectivity index is 2.87. The van der Waals surface area contributed by atoms with Crippen molar-refractivity contribution < 1.29 is 22.8 Å². The first-order valence-corrected chi connectivity index (χ1v) is 6.12. The molecule has 0 aliphatic carbocycles. The Bertz CT molecular complexity index is 494. The van der Waals surface area contributed by atoms with Gasteiger partial charge >= 0.3 is 6.18 Å². The quantitative estimate of drug-likeness (QED) is 0.598. The standard InChI is InChI=1S/C12H16F3N3O3/c1-8(16-2)6-17-10-5-9(21-7-12(13,14)15)3-4-11(10)18(19)20/h3-5,8,16-17H,6-7H2,1-2H3. The van der Waals surface area contributed by atoms with Crippen LogP contribution in [0, 0.1) is 10.1 Å². The SMILES string of the molecule is CNC(C)CNc1cc(OCC(F)(F)F)ccc1[N+](=O)[O-]. The number of halogens is 3. The molecule has 0 fully saturated rings. The largest absolute Gasteiger partial charge is 0.484 e. The van der Waals surface area contributed by atoms with Crippen LogP contribution in [0.4, 0.5) is 24.5 Å². The van der Waals surface area contributed by atoms with Gasteiger partial charge in [-0.15, -0.1) is 0 Å². The number of hydrogen-bond acceptors (Lipinski definition) is 5. The van der Waals surface area contributed by atoms with Crippen molar-refractivity contribution in [2.75, 3.05) is 25.5 Å². The highest BCUT2D eigenvalue weighted by Gasteiger charge is 2.28. The lowest BCUT2D eigenvalue weighted by Crippen LogP contribution is -2.29. The molecule has 0 radical (unpaired) electrons. The minimum absolute atomic E-state index is 0.0318. The normalized spacial score (nSPS) is 12.8. The molecule has 21 heavy (non-hydrogen) atoms. The number of ether oxygens (including phenoxy) is 1. The van der Waals surface area contributed by atoms with Gasteiger partial charge in [0, 0.05) is 24.7 Å². The van der Waals surface area contributed by atoms with Crippen LogP contribution in [0.3, 0.4) is 0 Å². The van der Waals surface area contributed by atoms with Crippen molar-refractivity contribution in [3.8, 4) is 5.75 Å². The van der Waals surface area contributed by atoms with E-state index < -0.39 is 17.7 Å². The van der Waals surface area contributed by atoms with Gasteiger partial charge in [-0.3, -0.25) is 10.1 Å². The summed E-state index contributed by atoms with van der Waals surface area (Å²) in [7, 11) is 1.73. The molecule has 118 valence electrons. The molecule has 1 aromatic rings. The summed E-state index contributed by atoms with van der Waals surface area (Å²) >= 11 is 0. The van der Waals surface area contributed by atoms with Crippen molar-refractivity contribution in [1.29, 1.82) is 0 Å². The lowest BCUT2D eigenvalue weighted by molar-refractivity contribution is -0.384. The summed E-state index contributed by atoms with van der Waals surface area (Å²) in [5, 5.41) is 16.6. The Morgan fingerprint density at radius 1 is 1.43 bits per heavy atom. The Hall–Kier alpha value is -2.03. The smallest absolute Gasteiger partial charge is 0.422 e. The number of nitrogens with one attached hydrogen (secondary N) is 2. The molecule has 1 aromatic carbocycles. The highest BCUT2D eigenvalue weighted by Crippen LogP contribution is 2.29. The van der Waals surface area contributed by atoms with Gasteiger partial charge in [0.1, 0.15) is 11.4 Å². The average molecular weight is 307 g/mol. The third-order valence-corrected chi connectivity index (χ3v) is 2.66. The van der Waals surface area contributed by atoms with Crippen LogP contribution in [0.1, 0.15) is 6.92 Å². The third kappa shape index (κ3) is 5.86. The molecule has 0 amide bonds. The van der Waals surface area contributed by atoms with Gasteiger partial charge in [-0.25, -0.2) is 0 Å². The Morgan fingerprint density at radius 3 is 2.62 bits per heavy atom. The lowest BCUT2D eigenvalue weighted by atomic mass is 10.2. The second-order valence-corrected chi connectivity index (χ2v) is 4.41. The minimum atomic E-state index is -4.46. The number of nitro groups is 1. The van der Waals surface area contributed by atoms with E-state index in [0.29, 0.717) is 6.54 Å². The Morgan fingerprint density at radius 2 is 2.10 bits per heavy atom. The molecule has 1 rings (SSSR count). The van der Waals surface area contributed by atoms with E-state index in [1.807, 2.05) is 6.92 Å². The molecule has 0 aliphatic rings. The van der Waals surface area contributed by atoms with E-state index in [9.17, 15) is 23.3 Å². The van der Waals surface area contributed by atoms with Crippen LogP contribution in [0.15, 0.2) is 18.2 Å². The molecule has 0 saturated heterocycles. The van der Waals surface area contributed by atoms with E-state index in [0.717, 1.165) is 12.1 Å². The van der Waals surface area contributed by atoms with Gasteiger partial charge in [0.2, 0.25) is 0 Å². The summed E-state index contributed by atoms with van der Waals surface area (Å²) in [6.07, 6.45) is -4.46. The van der Waals surface area contributed by atoms with Gasteiger partial charge in [0.25, 0.3) is 5.69 Å². The summed E-state index contributed by atoms with van der Waals surface area (Å²) in [6, 6.07) is 3.46. The fraction of sp³-hybridized carbons (Fsp3) is 0.500. The summed E-state index contributed by atoms with van der Waals surface area (Å²) in [5.74, 6) is -0.0856. The molecule has 0 heterocycles. The molecular weight excluding hydrogens is 291 g/mol. The third-order valence-electron chi connectivity index (χ3n) is 2.66. The molecule has 0 saturated carbocycles. The topological polar surface area (TPSA) is 76.4 Å². The molecule has 6 nitrogen and oxygen atoms in total. The van der Waals surface area contributed by atoms with Gasteiger partial charge in [-0.1, -0.05) is 0 Å². The Kier molecular flexibility index (Phi) is 5.77. The molecule has 9 heteroatoms. The van der Waals surface area contributed by atoms with Crippen molar-refractivity contribution in [3.63, 3.8) is 0 Å². The van der Waals surface area contributed by atoms with Crippen molar-refractivity contribution >= 4 is 11.4 Å². The van der Waals surface area contributed by atoms with Crippen LogP contribution in [0.5, 0.6) is 5.75 Å². The molecule has 0 spiro atoms. The number of alkyl halides is 3. The fourth-order valence-corrected chi connectivity index (χ4v) is 1.44. The molecule has 1 atom stereocenters. The van der Waals surface area contributed by atoms with Gasteiger partial charge in [0.05, 0.1) is 4.92 Å². The highest BCUT2D eigenvalue weighted by atomic mass is 19.4. The zero-order valence-corrected chi connectivity index (χ0v) is 11.5. The number of likely N-dealkylation sites (N-methyl/N-ethyl adjacent to an activating group) is 1. The number of nitrogens with zero attached hydrogens (tertiary/aromatic N) is 1. The molecule has 2 N–H and O–H groups in total. The maximum Gasteiger partial charge on any atom is 0.422 e. The predicted molar refractivity (Wildman–Crippen MR) is 71.7 cm³/mol. The summed E-state index contributed by atoms with van der Waals surface area (Å²) < 4.78 is 40.9. The lowest BCUT2D eigenvalue weighted by Gasteiger charge is -2.14. The summed E-state index contributed by atoms with van der Waals surface area (Å²) in [4.78, 5) is 10.3. The van der Waals surface area contributed by atoms with E-state index in [1.165, 1.54) is 6.07 Å². The van der Waals surface area contributed by atoms with Crippen LogP contribution in [-0.2, 0) is 0 Å². The van der Waals surface area contributed by atoms with Crippen LogP contribution >= 0.6 is 0 Å². The predicted octanol–water partition coefficient (Wildman–Crippen LogP) is 2.56. The van der Waals surface area contributed by atoms with Crippen molar-refractivity contribution in [1.82, 2.24) is 5.32 Å². The van der Waals surface area contributed by atoms with Crippen LogP contribution in [-0.4, -0.2) is 37.3 Å². The van der Waals surface area contributed by atoms with Gasteiger partial charge in [0.15, 0.2) is 6.61 Å². The number of nitro benzene ring substituents is 1. The Labute approximate surface area is 119 Å². The van der Waals surface area contributed by atoms with E-state index in [2.05, 4.69) is 15.4 Å². The first-order chi connectivity index (χ1) is 9.73. The number of benzene rings is 1. The van der Waals surface area contributed by atoms with E-state index >= 15 is 0 Å². The second kappa shape index (κ2) is 7.11.